The fourth-order valence-corrected chi connectivity index (χ4v) is 3.30. The number of rotatable bonds is 6. The van der Waals surface area contributed by atoms with Gasteiger partial charge >= 0.3 is 0 Å². The van der Waals surface area contributed by atoms with Crippen molar-refractivity contribution in [3.05, 3.63) is 59.0 Å². The molecule has 0 saturated carbocycles. The molecule has 0 atom stereocenters. The lowest BCUT2D eigenvalue weighted by molar-refractivity contribution is -0.137. The Labute approximate surface area is 173 Å². The molecular weight excluding hydrogens is 400 g/mol. The molecule has 2 heterocycles. The third-order valence-corrected chi connectivity index (χ3v) is 4.91. The number of nitrogens with zero attached hydrogens (tertiary/aromatic N) is 2. The Kier molecular flexibility index (Phi) is 6.89. The van der Waals surface area contributed by atoms with E-state index >= 15 is 0 Å². The summed E-state index contributed by atoms with van der Waals surface area (Å²) in [5.41, 5.74) is 1.15. The van der Waals surface area contributed by atoms with E-state index in [0.717, 1.165) is 18.4 Å². The van der Waals surface area contributed by atoms with Crippen LogP contribution in [0.2, 0.25) is 5.02 Å². The van der Waals surface area contributed by atoms with Crippen LogP contribution in [0.4, 0.5) is 0 Å². The maximum absolute atomic E-state index is 12.5. The second kappa shape index (κ2) is 9.57. The monoisotopic (exact) mass is 420 g/mol. The van der Waals surface area contributed by atoms with Crippen LogP contribution in [0.25, 0.3) is 0 Å². The van der Waals surface area contributed by atoms with Crippen molar-refractivity contribution in [2.75, 3.05) is 26.2 Å². The Morgan fingerprint density at radius 3 is 2.57 bits per heavy atom. The fourth-order valence-electron chi connectivity index (χ4n) is 2.88. The molecule has 2 aromatic rings. The van der Waals surface area contributed by atoms with Gasteiger partial charge in [-0.3, -0.25) is 19.6 Å². The first kappa shape index (κ1) is 20.2. The first-order valence-electron chi connectivity index (χ1n) is 8.96. The molecule has 0 aliphatic carbocycles. The van der Waals surface area contributed by atoms with Crippen LogP contribution in [0.5, 0.6) is 0 Å². The molecule has 1 aliphatic rings. The largest absolute Gasteiger partial charge is 0.459 e. The SMILES string of the molecule is O=C(NCC(=O)N1CCCN1C(=S)NCCc1ccc(Cl)cc1)c1ccco1. The zero-order chi connectivity index (χ0) is 19.9. The molecule has 2 N–H and O–H groups in total. The Morgan fingerprint density at radius 1 is 1.11 bits per heavy atom. The number of benzene rings is 1. The molecule has 9 heteroatoms. The first-order chi connectivity index (χ1) is 13.5. The van der Waals surface area contributed by atoms with E-state index in [1.807, 2.05) is 24.3 Å². The molecule has 2 amide bonds. The molecule has 1 aromatic heterocycles. The normalized spacial score (nSPS) is 13.5. The molecule has 0 radical (unpaired) electrons. The molecule has 28 heavy (non-hydrogen) atoms. The van der Waals surface area contributed by atoms with Crippen LogP contribution in [0, 0.1) is 0 Å². The minimum absolute atomic E-state index is 0.122. The number of thiocarbonyl (C=S) groups is 1. The van der Waals surface area contributed by atoms with Gasteiger partial charge in [-0.15, -0.1) is 0 Å². The van der Waals surface area contributed by atoms with E-state index in [4.69, 9.17) is 28.2 Å². The maximum Gasteiger partial charge on any atom is 0.287 e. The molecule has 0 unspecified atom stereocenters. The van der Waals surface area contributed by atoms with Gasteiger partial charge in [-0.2, -0.15) is 0 Å². The summed E-state index contributed by atoms with van der Waals surface area (Å²) in [6, 6.07) is 10.8. The van der Waals surface area contributed by atoms with E-state index in [-0.39, 0.29) is 18.2 Å². The molecule has 3 rings (SSSR count). The number of amides is 2. The standard InChI is InChI=1S/C19H21ClN4O3S/c20-15-6-4-14(5-7-15)8-9-21-19(28)24-11-2-10-23(24)17(25)13-22-18(26)16-3-1-12-27-16/h1,3-7,12H,2,8-11,13H2,(H,21,28)(H,22,26). The van der Waals surface area contributed by atoms with Gasteiger partial charge in [-0.25, -0.2) is 0 Å². The van der Waals surface area contributed by atoms with Gasteiger partial charge in [0.2, 0.25) is 0 Å². The lowest BCUT2D eigenvalue weighted by atomic mass is 10.1. The van der Waals surface area contributed by atoms with Crippen LogP contribution in [0.15, 0.2) is 47.1 Å². The third-order valence-electron chi connectivity index (χ3n) is 4.30. The van der Waals surface area contributed by atoms with Gasteiger partial charge in [0.05, 0.1) is 12.8 Å². The smallest absolute Gasteiger partial charge is 0.287 e. The summed E-state index contributed by atoms with van der Waals surface area (Å²) >= 11 is 11.3. The topological polar surface area (TPSA) is 77.8 Å². The molecule has 1 saturated heterocycles. The summed E-state index contributed by atoms with van der Waals surface area (Å²) < 4.78 is 5.01. The minimum atomic E-state index is -0.423. The number of furan rings is 1. The van der Waals surface area contributed by atoms with E-state index in [1.54, 1.807) is 22.2 Å². The molecule has 1 aromatic carbocycles. The van der Waals surface area contributed by atoms with E-state index in [2.05, 4.69) is 10.6 Å². The Bertz CT molecular complexity index is 826. The first-order valence-corrected chi connectivity index (χ1v) is 9.75. The van der Waals surface area contributed by atoms with Crippen molar-refractivity contribution in [1.82, 2.24) is 20.7 Å². The average molecular weight is 421 g/mol. The van der Waals surface area contributed by atoms with Crippen molar-refractivity contribution in [3.8, 4) is 0 Å². The minimum Gasteiger partial charge on any atom is -0.459 e. The number of carbonyl (C=O) groups excluding carboxylic acids is 2. The highest BCUT2D eigenvalue weighted by molar-refractivity contribution is 7.80. The van der Waals surface area contributed by atoms with Gasteiger partial charge in [0, 0.05) is 24.7 Å². The van der Waals surface area contributed by atoms with Crippen molar-refractivity contribution >= 4 is 40.7 Å². The molecular formula is C19H21ClN4O3S. The van der Waals surface area contributed by atoms with Crippen LogP contribution in [-0.2, 0) is 11.2 Å². The third kappa shape index (κ3) is 5.24. The number of hydrazine groups is 1. The molecule has 1 fully saturated rings. The Hall–Kier alpha value is -2.58. The zero-order valence-corrected chi connectivity index (χ0v) is 16.8. The second-order valence-electron chi connectivity index (χ2n) is 6.26. The number of halogens is 1. The second-order valence-corrected chi connectivity index (χ2v) is 7.09. The predicted molar refractivity (Wildman–Crippen MR) is 110 cm³/mol. The Morgan fingerprint density at radius 2 is 1.86 bits per heavy atom. The average Bonchev–Trinajstić information content (AvgIpc) is 3.39. The van der Waals surface area contributed by atoms with E-state index in [9.17, 15) is 9.59 Å². The molecule has 0 spiro atoms. The van der Waals surface area contributed by atoms with Gasteiger partial charge in [0.1, 0.15) is 0 Å². The molecule has 1 aliphatic heterocycles. The van der Waals surface area contributed by atoms with E-state index in [0.29, 0.717) is 29.8 Å². The maximum atomic E-state index is 12.5. The quantitative estimate of drug-likeness (QED) is 0.698. The van der Waals surface area contributed by atoms with Gasteiger partial charge in [-0.05, 0) is 54.9 Å². The molecule has 148 valence electrons. The van der Waals surface area contributed by atoms with Crippen LogP contribution in [-0.4, -0.2) is 53.1 Å². The van der Waals surface area contributed by atoms with Gasteiger partial charge < -0.3 is 15.1 Å². The highest BCUT2D eigenvalue weighted by Crippen LogP contribution is 2.12. The number of hydrogen-bond acceptors (Lipinski definition) is 4. The fraction of sp³-hybridized carbons (Fsp3) is 0.316. The molecule has 0 bridgehead atoms. The van der Waals surface area contributed by atoms with Crippen molar-refractivity contribution in [1.29, 1.82) is 0 Å². The highest BCUT2D eigenvalue weighted by atomic mass is 35.5. The number of nitrogens with one attached hydrogen (secondary N) is 2. The summed E-state index contributed by atoms with van der Waals surface area (Å²) in [6.45, 7) is 1.75. The van der Waals surface area contributed by atoms with Gasteiger partial charge in [0.25, 0.3) is 11.8 Å². The van der Waals surface area contributed by atoms with Gasteiger partial charge in [-0.1, -0.05) is 23.7 Å². The number of carbonyl (C=O) groups is 2. The summed E-state index contributed by atoms with van der Waals surface area (Å²) in [6.07, 6.45) is 3.02. The van der Waals surface area contributed by atoms with Crippen molar-refractivity contribution in [2.45, 2.75) is 12.8 Å². The lowest BCUT2D eigenvalue weighted by Gasteiger charge is -2.30. The van der Waals surface area contributed by atoms with Crippen molar-refractivity contribution in [2.24, 2.45) is 0 Å². The Balaban J connectivity index is 1.46. The zero-order valence-electron chi connectivity index (χ0n) is 15.2. The summed E-state index contributed by atoms with van der Waals surface area (Å²) in [5, 5.41) is 10.3. The lowest BCUT2D eigenvalue weighted by Crippen LogP contribution is -2.51. The number of hydrogen-bond donors (Lipinski definition) is 2. The summed E-state index contributed by atoms with van der Waals surface area (Å²) in [7, 11) is 0. The van der Waals surface area contributed by atoms with Crippen LogP contribution < -0.4 is 10.6 Å². The highest BCUT2D eigenvalue weighted by Gasteiger charge is 2.28. The van der Waals surface area contributed by atoms with Crippen molar-refractivity contribution in [3.63, 3.8) is 0 Å². The summed E-state index contributed by atoms with van der Waals surface area (Å²) in [4.78, 5) is 24.4. The van der Waals surface area contributed by atoms with Crippen molar-refractivity contribution < 1.29 is 14.0 Å². The van der Waals surface area contributed by atoms with Crippen LogP contribution in [0.3, 0.4) is 0 Å². The van der Waals surface area contributed by atoms with Crippen LogP contribution in [0.1, 0.15) is 22.5 Å². The van der Waals surface area contributed by atoms with E-state index in [1.165, 1.54) is 6.26 Å². The predicted octanol–water partition coefficient (Wildman–Crippen LogP) is 2.23. The molecule has 7 nitrogen and oxygen atoms in total. The summed E-state index contributed by atoms with van der Waals surface area (Å²) in [5.74, 6) is -0.475. The van der Waals surface area contributed by atoms with Gasteiger partial charge in [0.15, 0.2) is 10.9 Å². The van der Waals surface area contributed by atoms with Crippen LogP contribution >= 0.6 is 23.8 Å². The van der Waals surface area contributed by atoms with E-state index < -0.39 is 5.91 Å².